The third-order valence-corrected chi connectivity index (χ3v) is 7.35. The quantitative estimate of drug-likeness (QED) is 0.120. The van der Waals surface area contributed by atoms with E-state index in [2.05, 4.69) is 13.8 Å². The van der Waals surface area contributed by atoms with E-state index in [1.54, 1.807) is 12.1 Å². The fraction of sp³-hybridized carbons (Fsp3) is 0.235. The summed E-state index contributed by atoms with van der Waals surface area (Å²) in [7, 11) is 0. The molecule has 0 spiro atoms. The number of anilines is 1. The molecule has 7 nitrogen and oxygen atoms in total. The Kier molecular flexibility index (Phi) is 7.97. The maximum Gasteiger partial charge on any atom is 0.200 e. The van der Waals surface area contributed by atoms with Crippen LogP contribution >= 0.6 is 0 Å². The number of aryl methyl sites for hydroxylation is 2. The van der Waals surface area contributed by atoms with Crippen molar-refractivity contribution in [2.45, 2.75) is 52.4 Å². The zero-order chi connectivity index (χ0) is 29.1. The predicted octanol–water partition coefficient (Wildman–Crippen LogP) is 7.73. The monoisotopic (exact) mass is 551 g/mol. The molecule has 0 unspecified atom stereocenters. The zero-order valence-electron chi connectivity index (χ0n) is 23.2. The van der Waals surface area contributed by atoms with Crippen LogP contribution in [0.15, 0.2) is 66.7 Å². The zero-order valence-corrected chi connectivity index (χ0v) is 23.2. The predicted molar refractivity (Wildman–Crippen MR) is 158 cm³/mol. The van der Waals surface area contributed by atoms with Crippen LogP contribution in [0.4, 0.5) is 5.69 Å². The lowest BCUT2D eigenvalue weighted by atomic mass is 9.82. The van der Waals surface area contributed by atoms with E-state index in [-0.39, 0.29) is 39.4 Å². The number of para-hydroxylation sites is 2. The van der Waals surface area contributed by atoms with Gasteiger partial charge in [0.15, 0.2) is 28.8 Å². The van der Waals surface area contributed by atoms with Crippen LogP contribution in [0.5, 0.6) is 34.5 Å². The summed E-state index contributed by atoms with van der Waals surface area (Å²) < 4.78 is 12.1. The summed E-state index contributed by atoms with van der Waals surface area (Å²) in [4.78, 5) is 27.4. The molecule has 41 heavy (non-hydrogen) atoms. The standard InChI is InChI=1S/C34H33NO6/c1-3-5-11-20-13-7-9-15-24(20)40-26-18-17-22-28(32(26)37)34(39)29-23(35)19-27(33(38)30(29)31(22)36)41-25-16-10-8-14-21(25)12-6-4-2/h7-10,13-19,37-38H,3-6,11-12,35H2,1-2H3. The van der Waals surface area contributed by atoms with E-state index < -0.39 is 23.1 Å². The second kappa shape index (κ2) is 11.8. The number of hydrogen-bond donors (Lipinski definition) is 3. The Labute approximate surface area is 239 Å². The third-order valence-electron chi connectivity index (χ3n) is 7.35. The largest absolute Gasteiger partial charge is 0.504 e. The van der Waals surface area contributed by atoms with Crippen LogP contribution in [-0.2, 0) is 12.8 Å². The summed E-state index contributed by atoms with van der Waals surface area (Å²) in [5.74, 6) is -1.15. The molecule has 0 aliphatic heterocycles. The SMILES string of the molecule is CCCCc1ccccc1Oc1ccc2c(c1O)C(=O)c1c(N)cc(Oc3ccccc3CCCC)c(O)c1C2=O. The molecule has 1 aliphatic rings. The van der Waals surface area contributed by atoms with E-state index in [0.717, 1.165) is 49.7 Å². The highest BCUT2D eigenvalue weighted by molar-refractivity contribution is 6.32. The molecule has 4 aromatic carbocycles. The van der Waals surface area contributed by atoms with Gasteiger partial charge >= 0.3 is 0 Å². The summed E-state index contributed by atoms with van der Waals surface area (Å²) in [5.41, 5.74) is 7.48. The van der Waals surface area contributed by atoms with Gasteiger partial charge in [0.25, 0.3) is 0 Å². The number of ketones is 2. The van der Waals surface area contributed by atoms with Gasteiger partial charge in [0, 0.05) is 17.3 Å². The number of aromatic hydroxyl groups is 2. The lowest BCUT2D eigenvalue weighted by molar-refractivity contribution is 0.0974. The molecule has 0 amide bonds. The van der Waals surface area contributed by atoms with Gasteiger partial charge in [-0.25, -0.2) is 0 Å². The number of ether oxygens (including phenoxy) is 2. The first-order chi connectivity index (χ1) is 19.8. The van der Waals surface area contributed by atoms with Gasteiger partial charge in [-0.15, -0.1) is 0 Å². The van der Waals surface area contributed by atoms with Gasteiger partial charge in [0.1, 0.15) is 11.5 Å². The molecule has 0 saturated carbocycles. The van der Waals surface area contributed by atoms with Crippen LogP contribution in [0.2, 0.25) is 0 Å². The van der Waals surface area contributed by atoms with Crippen LogP contribution in [0.1, 0.15) is 82.5 Å². The maximum absolute atomic E-state index is 13.7. The van der Waals surface area contributed by atoms with Crippen LogP contribution in [0, 0.1) is 0 Å². The normalized spacial score (nSPS) is 12.1. The van der Waals surface area contributed by atoms with E-state index in [0.29, 0.717) is 11.5 Å². The number of carbonyl (C=O) groups is 2. The summed E-state index contributed by atoms with van der Waals surface area (Å²) in [6.07, 6.45) is 5.53. The molecule has 0 bridgehead atoms. The van der Waals surface area contributed by atoms with Crippen molar-refractivity contribution in [3.05, 3.63) is 100 Å². The van der Waals surface area contributed by atoms with Crippen LogP contribution in [0.25, 0.3) is 0 Å². The molecule has 0 fully saturated rings. The Bertz CT molecular complexity index is 1640. The van der Waals surface area contributed by atoms with E-state index in [9.17, 15) is 19.8 Å². The highest BCUT2D eigenvalue weighted by atomic mass is 16.5. The second-order valence-electron chi connectivity index (χ2n) is 10.2. The minimum Gasteiger partial charge on any atom is -0.504 e. The number of phenolic OH excluding ortho intramolecular Hbond substituents is 2. The number of fused-ring (bicyclic) bond motifs is 2. The lowest BCUT2D eigenvalue weighted by Crippen LogP contribution is -2.23. The molecule has 0 heterocycles. The summed E-state index contributed by atoms with van der Waals surface area (Å²) in [6.45, 7) is 4.20. The first-order valence-corrected chi connectivity index (χ1v) is 14.0. The molecule has 0 atom stereocenters. The van der Waals surface area contributed by atoms with Crippen molar-refractivity contribution in [3.8, 4) is 34.5 Å². The van der Waals surface area contributed by atoms with E-state index in [4.69, 9.17) is 15.2 Å². The van der Waals surface area contributed by atoms with Gasteiger partial charge < -0.3 is 25.4 Å². The molecule has 0 radical (unpaired) electrons. The van der Waals surface area contributed by atoms with E-state index >= 15 is 0 Å². The van der Waals surface area contributed by atoms with Crippen LogP contribution in [0.3, 0.4) is 0 Å². The Morgan fingerprint density at radius 1 is 0.634 bits per heavy atom. The molecular formula is C34H33NO6. The van der Waals surface area contributed by atoms with Crippen molar-refractivity contribution < 1.29 is 29.3 Å². The first-order valence-electron chi connectivity index (χ1n) is 14.0. The Hall–Kier alpha value is -4.78. The first kappa shape index (κ1) is 27.8. The van der Waals surface area contributed by atoms with Crippen molar-refractivity contribution in [2.24, 2.45) is 0 Å². The number of benzene rings is 4. The second-order valence-corrected chi connectivity index (χ2v) is 10.2. The minimum absolute atomic E-state index is 0.0253. The number of phenols is 2. The highest BCUT2D eigenvalue weighted by Gasteiger charge is 2.38. The molecular weight excluding hydrogens is 518 g/mol. The van der Waals surface area contributed by atoms with Gasteiger partial charge in [-0.3, -0.25) is 9.59 Å². The van der Waals surface area contributed by atoms with Crippen LogP contribution in [-0.4, -0.2) is 21.8 Å². The van der Waals surface area contributed by atoms with Crippen molar-refractivity contribution >= 4 is 17.3 Å². The number of nitrogen functional groups attached to an aromatic ring is 1. The van der Waals surface area contributed by atoms with Gasteiger partial charge in [0.05, 0.1) is 16.7 Å². The summed E-state index contributed by atoms with van der Waals surface area (Å²) in [6, 6.07) is 19.2. The van der Waals surface area contributed by atoms with Gasteiger partial charge in [-0.1, -0.05) is 63.1 Å². The van der Waals surface area contributed by atoms with Crippen molar-refractivity contribution in [3.63, 3.8) is 0 Å². The molecule has 0 saturated heterocycles. The molecule has 7 heteroatoms. The fourth-order valence-electron chi connectivity index (χ4n) is 5.14. The number of rotatable bonds is 10. The van der Waals surface area contributed by atoms with Gasteiger partial charge in [-0.05, 0) is 61.1 Å². The number of unbranched alkanes of at least 4 members (excludes halogenated alkanes) is 2. The Morgan fingerprint density at radius 2 is 1.17 bits per heavy atom. The molecule has 210 valence electrons. The maximum atomic E-state index is 13.7. The molecule has 5 rings (SSSR count). The van der Waals surface area contributed by atoms with Gasteiger partial charge in [0.2, 0.25) is 5.78 Å². The average molecular weight is 552 g/mol. The third kappa shape index (κ3) is 5.23. The molecule has 4 N–H and O–H groups in total. The Balaban J connectivity index is 1.52. The summed E-state index contributed by atoms with van der Waals surface area (Å²) in [5, 5.41) is 22.3. The lowest BCUT2D eigenvalue weighted by Gasteiger charge is -2.23. The summed E-state index contributed by atoms with van der Waals surface area (Å²) >= 11 is 0. The highest BCUT2D eigenvalue weighted by Crippen LogP contribution is 2.47. The van der Waals surface area contributed by atoms with E-state index in [1.807, 2.05) is 36.4 Å². The van der Waals surface area contributed by atoms with Crippen LogP contribution < -0.4 is 15.2 Å². The van der Waals surface area contributed by atoms with E-state index in [1.165, 1.54) is 18.2 Å². The average Bonchev–Trinajstić information content (AvgIpc) is 2.97. The number of carbonyl (C=O) groups excluding carboxylic acids is 2. The smallest absolute Gasteiger partial charge is 0.200 e. The fourth-order valence-corrected chi connectivity index (χ4v) is 5.14. The molecule has 4 aromatic rings. The van der Waals surface area contributed by atoms with Crippen molar-refractivity contribution in [2.75, 3.05) is 5.73 Å². The molecule has 0 aromatic heterocycles. The topological polar surface area (TPSA) is 119 Å². The Morgan fingerprint density at radius 3 is 1.76 bits per heavy atom. The minimum atomic E-state index is -0.681. The van der Waals surface area contributed by atoms with Crippen molar-refractivity contribution in [1.82, 2.24) is 0 Å². The molecule has 1 aliphatic carbocycles. The number of nitrogens with two attached hydrogens (primary N) is 1. The van der Waals surface area contributed by atoms with Gasteiger partial charge in [-0.2, -0.15) is 0 Å². The van der Waals surface area contributed by atoms with Crippen molar-refractivity contribution in [1.29, 1.82) is 0 Å². The number of hydrogen-bond acceptors (Lipinski definition) is 7.